The SMILES string of the molecule is Cc1ccccc1CC1(CCl)CCOCC1. The summed E-state index contributed by atoms with van der Waals surface area (Å²) in [7, 11) is 0. The highest BCUT2D eigenvalue weighted by atomic mass is 35.5. The van der Waals surface area contributed by atoms with Gasteiger partial charge in [-0.25, -0.2) is 0 Å². The minimum atomic E-state index is 0.256. The summed E-state index contributed by atoms with van der Waals surface area (Å²) in [6.45, 7) is 3.90. The molecule has 1 saturated heterocycles. The molecule has 0 saturated carbocycles. The molecule has 1 aliphatic heterocycles. The molecule has 0 aromatic heterocycles. The van der Waals surface area contributed by atoms with Crippen LogP contribution in [-0.2, 0) is 11.2 Å². The van der Waals surface area contributed by atoms with Gasteiger partial charge in [0, 0.05) is 19.1 Å². The number of hydrogen-bond acceptors (Lipinski definition) is 1. The third-order valence-corrected chi connectivity index (χ3v) is 4.23. The van der Waals surface area contributed by atoms with Gasteiger partial charge in [0.2, 0.25) is 0 Å². The molecular formula is C14H19ClO. The van der Waals surface area contributed by atoms with Crippen LogP contribution in [0.1, 0.15) is 24.0 Å². The Bertz CT molecular complexity index is 342. The molecule has 1 aromatic carbocycles. The molecule has 0 radical (unpaired) electrons. The van der Waals surface area contributed by atoms with Crippen molar-refractivity contribution >= 4 is 11.6 Å². The Balaban J connectivity index is 2.15. The zero-order valence-corrected chi connectivity index (χ0v) is 10.6. The van der Waals surface area contributed by atoms with Gasteiger partial charge in [-0.05, 0) is 42.7 Å². The Labute approximate surface area is 103 Å². The first-order chi connectivity index (χ1) is 7.76. The fraction of sp³-hybridized carbons (Fsp3) is 0.571. The van der Waals surface area contributed by atoms with Crippen molar-refractivity contribution in [3.63, 3.8) is 0 Å². The van der Waals surface area contributed by atoms with E-state index in [0.29, 0.717) is 0 Å². The molecule has 0 atom stereocenters. The Morgan fingerprint density at radius 3 is 2.56 bits per heavy atom. The Hall–Kier alpha value is -0.530. The number of halogens is 1. The van der Waals surface area contributed by atoms with Gasteiger partial charge in [-0.2, -0.15) is 0 Å². The first-order valence-electron chi connectivity index (χ1n) is 5.94. The molecule has 0 bridgehead atoms. The lowest BCUT2D eigenvalue weighted by atomic mass is 9.76. The lowest BCUT2D eigenvalue weighted by molar-refractivity contribution is 0.0257. The van der Waals surface area contributed by atoms with E-state index in [1.54, 1.807) is 0 Å². The average Bonchev–Trinajstić information content (AvgIpc) is 2.33. The molecular weight excluding hydrogens is 220 g/mol. The summed E-state index contributed by atoms with van der Waals surface area (Å²) in [6, 6.07) is 8.61. The third kappa shape index (κ3) is 2.58. The van der Waals surface area contributed by atoms with Crippen LogP contribution in [-0.4, -0.2) is 19.1 Å². The minimum absolute atomic E-state index is 0.256. The summed E-state index contributed by atoms with van der Waals surface area (Å²) in [5.74, 6) is 0.741. The normalized spacial score (nSPS) is 19.6. The third-order valence-electron chi connectivity index (χ3n) is 3.66. The van der Waals surface area contributed by atoms with Gasteiger partial charge in [0.25, 0.3) is 0 Å². The maximum Gasteiger partial charge on any atom is 0.0471 e. The van der Waals surface area contributed by atoms with Gasteiger partial charge in [0.15, 0.2) is 0 Å². The molecule has 16 heavy (non-hydrogen) atoms. The number of hydrogen-bond donors (Lipinski definition) is 0. The van der Waals surface area contributed by atoms with Gasteiger partial charge >= 0.3 is 0 Å². The second kappa shape index (κ2) is 5.20. The van der Waals surface area contributed by atoms with Crippen LogP contribution in [0, 0.1) is 12.3 Å². The van der Waals surface area contributed by atoms with Crippen LogP contribution in [0.15, 0.2) is 24.3 Å². The number of rotatable bonds is 3. The van der Waals surface area contributed by atoms with E-state index >= 15 is 0 Å². The molecule has 0 spiro atoms. The lowest BCUT2D eigenvalue weighted by Crippen LogP contribution is -2.33. The number of benzene rings is 1. The van der Waals surface area contributed by atoms with Gasteiger partial charge in [-0.3, -0.25) is 0 Å². The van der Waals surface area contributed by atoms with Crippen LogP contribution in [0.3, 0.4) is 0 Å². The standard InChI is InChI=1S/C14H19ClO/c1-12-4-2-3-5-13(12)10-14(11-15)6-8-16-9-7-14/h2-5H,6-11H2,1H3. The van der Waals surface area contributed by atoms with Crippen molar-refractivity contribution in [1.82, 2.24) is 0 Å². The smallest absolute Gasteiger partial charge is 0.0471 e. The van der Waals surface area contributed by atoms with Crippen molar-refractivity contribution in [2.24, 2.45) is 5.41 Å². The van der Waals surface area contributed by atoms with E-state index in [4.69, 9.17) is 16.3 Å². The molecule has 1 heterocycles. The number of alkyl halides is 1. The van der Waals surface area contributed by atoms with E-state index in [9.17, 15) is 0 Å². The first-order valence-corrected chi connectivity index (χ1v) is 6.47. The zero-order valence-electron chi connectivity index (χ0n) is 9.84. The van der Waals surface area contributed by atoms with Gasteiger partial charge < -0.3 is 4.74 Å². The van der Waals surface area contributed by atoms with Crippen LogP contribution < -0.4 is 0 Å². The fourth-order valence-corrected chi connectivity index (χ4v) is 2.74. The summed E-state index contributed by atoms with van der Waals surface area (Å²) in [4.78, 5) is 0. The van der Waals surface area contributed by atoms with Crippen molar-refractivity contribution in [3.8, 4) is 0 Å². The van der Waals surface area contributed by atoms with Gasteiger partial charge in [0.05, 0.1) is 0 Å². The molecule has 1 nitrogen and oxygen atoms in total. The molecule has 2 heteroatoms. The van der Waals surface area contributed by atoms with Crippen LogP contribution in [0.5, 0.6) is 0 Å². The van der Waals surface area contributed by atoms with Crippen molar-refractivity contribution in [3.05, 3.63) is 35.4 Å². The maximum atomic E-state index is 6.18. The predicted octanol–water partition coefficient (Wildman–Crippen LogP) is 3.57. The molecule has 1 aromatic rings. The van der Waals surface area contributed by atoms with Crippen molar-refractivity contribution in [2.75, 3.05) is 19.1 Å². The van der Waals surface area contributed by atoms with E-state index in [1.165, 1.54) is 11.1 Å². The monoisotopic (exact) mass is 238 g/mol. The largest absolute Gasteiger partial charge is 0.381 e. The highest BCUT2D eigenvalue weighted by Crippen LogP contribution is 2.36. The van der Waals surface area contributed by atoms with Gasteiger partial charge in [-0.1, -0.05) is 24.3 Å². The topological polar surface area (TPSA) is 9.23 Å². The van der Waals surface area contributed by atoms with Gasteiger partial charge in [-0.15, -0.1) is 11.6 Å². The molecule has 1 aliphatic rings. The molecule has 0 N–H and O–H groups in total. The average molecular weight is 239 g/mol. The molecule has 0 unspecified atom stereocenters. The fourth-order valence-electron chi connectivity index (χ4n) is 2.37. The predicted molar refractivity (Wildman–Crippen MR) is 68.1 cm³/mol. The van der Waals surface area contributed by atoms with Crippen LogP contribution in [0.4, 0.5) is 0 Å². The molecule has 0 amide bonds. The second-order valence-electron chi connectivity index (χ2n) is 4.85. The highest BCUT2D eigenvalue weighted by molar-refractivity contribution is 6.18. The lowest BCUT2D eigenvalue weighted by Gasteiger charge is -2.36. The van der Waals surface area contributed by atoms with E-state index in [2.05, 4.69) is 31.2 Å². The van der Waals surface area contributed by atoms with Crippen molar-refractivity contribution in [1.29, 1.82) is 0 Å². The number of aryl methyl sites for hydroxylation is 1. The minimum Gasteiger partial charge on any atom is -0.381 e. The Morgan fingerprint density at radius 2 is 1.94 bits per heavy atom. The summed E-state index contributed by atoms with van der Waals surface area (Å²) < 4.78 is 5.44. The summed E-state index contributed by atoms with van der Waals surface area (Å²) in [6.07, 6.45) is 3.27. The Morgan fingerprint density at radius 1 is 1.25 bits per heavy atom. The van der Waals surface area contributed by atoms with E-state index in [1.807, 2.05) is 0 Å². The molecule has 2 rings (SSSR count). The summed E-state index contributed by atoms with van der Waals surface area (Å²) in [5.41, 5.74) is 3.06. The second-order valence-corrected chi connectivity index (χ2v) is 5.12. The first kappa shape index (κ1) is 11.9. The Kier molecular flexibility index (Phi) is 3.88. The molecule has 1 fully saturated rings. The maximum absolute atomic E-state index is 6.18. The van der Waals surface area contributed by atoms with E-state index < -0.39 is 0 Å². The van der Waals surface area contributed by atoms with Crippen LogP contribution >= 0.6 is 11.6 Å². The summed E-state index contributed by atoms with van der Waals surface area (Å²) >= 11 is 6.18. The quantitative estimate of drug-likeness (QED) is 0.732. The molecule has 0 aliphatic carbocycles. The molecule has 88 valence electrons. The van der Waals surface area contributed by atoms with Crippen molar-refractivity contribution < 1.29 is 4.74 Å². The van der Waals surface area contributed by atoms with E-state index in [0.717, 1.165) is 38.4 Å². The number of ether oxygens (including phenoxy) is 1. The van der Waals surface area contributed by atoms with Crippen molar-refractivity contribution in [2.45, 2.75) is 26.2 Å². The van der Waals surface area contributed by atoms with Gasteiger partial charge in [0.1, 0.15) is 0 Å². The summed E-state index contributed by atoms with van der Waals surface area (Å²) in [5, 5.41) is 0. The zero-order chi connectivity index (χ0) is 11.4. The highest BCUT2D eigenvalue weighted by Gasteiger charge is 2.32. The van der Waals surface area contributed by atoms with E-state index in [-0.39, 0.29) is 5.41 Å². The van der Waals surface area contributed by atoms with Crippen LogP contribution in [0.2, 0.25) is 0 Å². The van der Waals surface area contributed by atoms with Crippen LogP contribution in [0.25, 0.3) is 0 Å².